The highest BCUT2D eigenvalue weighted by atomic mass is 32.1. The average Bonchev–Trinajstić information content (AvgIpc) is 2.85. The van der Waals surface area contributed by atoms with Crippen LogP contribution in [0.5, 0.6) is 0 Å². The van der Waals surface area contributed by atoms with Gasteiger partial charge in [-0.2, -0.15) is 0 Å². The predicted molar refractivity (Wildman–Crippen MR) is 90.5 cm³/mol. The fourth-order valence-electron chi connectivity index (χ4n) is 2.97. The van der Waals surface area contributed by atoms with E-state index in [4.69, 9.17) is 21.7 Å². The maximum Gasteiger partial charge on any atom is 0.310 e. The van der Waals surface area contributed by atoms with E-state index in [1.807, 2.05) is 13.8 Å². The van der Waals surface area contributed by atoms with Crippen molar-refractivity contribution >= 4 is 24.2 Å². The number of carbonyl (C=O) groups excluding carboxylic acids is 2. The number of nitrogens with zero attached hydrogens (tertiary/aromatic N) is 1. The molecule has 138 valence electrons. The van der Waals surface area contributed by atoms with Gasteiger partial charge in [-0.1, -0.05) is 13.8 Å². The molecule has 2 rings (SSSR count). The highest BCUT2D eigenvalue weighted by Gasteiger charge is 2.44. The van der Waals surface area contributed by atoms with Crippen LogP contribution in [0.3, 0.4) is 0 Å². The van der Waals surface area contributed by atoms with Crippen molar-refractivity contribution in [2.45, 2.75) is 52.0 Å². The van der Waals surface area contributed by atoms with E-state index in [1.165, 1.54) is 24.8 Å². The van der Waals surface area contributed by atoms with Gasteiger partial charge < -0.3 is 14.2 Å². The molecule has 1 aromatic rings. The molecule has 0 bridgehead atoms. The molecular formula is C16H22N2O6S. The number of aromatic amines is 1. The Morgan fingerprint density at radius 3 is 2.68 bits per heavy atom. The zero-order valence-electron chi connectivity index (χ0n) is 14.6. The van der Waals surface area contributed by atoms with E-state index >= 15 is 0 Å². The Labute approximate surface area is 150 Å². The first-order chi connectivity index (χ1) is 11.8. The molecule has 1 N–H and O–H groups in total. The van der Waals surface area contributed by atoms with Gasteiger partial charge in [-0.3, -0.25) is 23.9 Å². The van der Waals surface area contributed by atoms with Gasteiger partial charge in [-0.15, -0.1) is 0 Å². The number of aromatic nitrogens is 2. The first kappa shape index (κ1) is 19.3. The maximum atomic E-state index is 12.0. The van der Waals surface area contributed by atoms with Crippen molar-refractivity contribution in [1.29, 1.82) is 0 Å². The van der Waals surface area contributed by atoms with Crippen molar-refractivity contribution in [3.05, 3.63) is 26.9 Å². The average molecular weight is 370 g/mol. The monoisotopic (exact) mass is 370 g/mol. The normalized spacial score (nSPS) is 25.6. The highest BCUT2D eigenvalue weighted by Crippen LogP contribution is 2.37. The van der Waals surface area contributed by atoms with E-state index in [2.05, 4.69) is 9.72 Å². The molecule has 1 aromatic heterocycles. The molecule has 9 heteroatoms. The van der Waals surface area contributed by atoms with Gasteiger partial charge in [0.25, 0.3) is 5.56 Å². The minimum Gasteiger partial charge on any atom is -0.469 e. The lowest BCUT2D eigenvalue weighted by Gasteiger charge is -2.23. The Morgan fingerprint density at radius 2 is 2.12 bits per heavy atom. The lowest BCUT2D eigenvalue weighted by Crippen LogP contribution is -2.31. The van der Waals surface area contributed by atoms with Gasteiger partial charge in [0.2, 0.25) is 0 Å². The van der Waals surface area contributed by atoms with Crippen LogP contribution in [0, 0.1) is 10.7 Å². The molecule has 4 unspecified atom stereocenters. The molecule has 8 nitrogen and oxygen atoms in total. The van der Waals surface area contributed by atoms with E-state index < -0.39 is 29.8 Å². The fourth-order valence-corrected chi connectivity index (χ4v) is 3.22. The fraction of sp³-hybridized carbons (Fsp3) is 0.625. The maximum absolute atomic E-state index is 12.0. The number of methoxy groups -OCH3 is 1. The van der Waals surface area contributed by atoms with Crippen molar-refractivity contribution in [2.24, 2.45) is 5.92 Å². The third kappa shape index (κ3) is 4.16. The molecule has 1 saturated heterocycles. The van der Waals surface area contributed by atoms with Crippen LogP contribution in [-0.4, -0.2) is 40.8 Å². The Morgan fingerprint density at radius 1 is 1.44 bits per heavy atom. The van der Waals surface area contributed by atoms with Crippen LogP contribution >= 0.6 is 12.2 Å². The van der Waals surface area contributed by atoms with Gasteiger partial charge in [0.15, 0.2) is 17.1 Å². The summed E-state index contributed by atoms with van der Waals surface area (Å²) in [5.41, 5.74) is -0.271. The molecule has 25 heavy (non-hydrogen) atoms. The van der Waals surface area contributed by atoms with Crippen molar-refractivity contribution < 1.29 is 23.8 Å². The summed E-state index contributed by atoms with van der Waals surface area (Å²) in [4.78, 5) is 37.5. The summed E-state index contributed by atoms with van der Waals surface area (Å²) in [7, 11) is 1.25. The number of H-pyrrole nitrogens is 1. The van der Waals surface area contributed by atoms with Gasteiger partial charge >= 0.3 is 11.9 Å². The van der Waals surface area contributed by atoms with Gasteiger partial charge in [-0.05, 0) is 18.6 Å². The summed E-state index contributed by atoms with van der Waals surface area (Å²) in [5.74, 6) is -1.01. The van der Waals surface area contributed by atoms with Crippen molar-refractivity contribution in [1.82, 2.24) is 9.55 Å². The van der Waals surface area contributed by atoms with Crippen LogP contribution in [0.4, 0.5) is 0 Å². The van der Waals surface area contributed by atoms with Gasteiger partial charge in [0.05, 0.1) is 19.6 Å². The first-order valence-electron chi connectivity index (χ1n) is 8.02. The number of ether oxygens (including phenoxy) is 3. The molecule has 1 aliphatic rings. The molecule has 0 amide bonds. The second-order valence-electron chi connectivity index (χ2n) is 5.98. The smallest absolute Gasteiger partial charge is 0.310 e. The molecule has 4 atom stereocenters. The topological polar surface area (TPSA) is 99.6 Å². The van der Waals surface area contributed by atoms with Crippen LogP contribution in [0.15, 0.2) is 11.0 Å². The quantitative estimate of drug-likeness (QED) is 0.619. The molecule has 1 fully saturated rings. The molecule has 1 aliphatic heterocycles. The molecule has 0 spiro atoms. The van der Waals surface area contributed by atoms with E-state index in [1.54, 1.807) is 0 Å². The van der Waals surface area contributed by atoms with Crippen molar-refractivity contribution in [3.8, 4) is 0 Å². The molecule has 0 radical (unpaired) electrons. The number of hydrogen-bond donors (Lipinski definition) is 1. The van der Waals surface area contributed by atoms with E-state index in [9.17, 15) is 14.4 Å². The van der Waals surface area contributed by atoms with Crippen LogP contribution in [-0.2, 0) is 30.2 Å². The number of hydrogen-bond acceptors (Lipinski definition) is 7. The van der Waals surface area contributed by atoms with Crippen molar-refractivity contribution in [2.75, 3.05) is 7.11 Å². The first-order valence-corrected chi connectivity index (χ1v) is 8.43. The Balaban J connectivity index is 2.45. The van der Waals surface area contributed by atoms with E-state index in [0.29, 0.717) is 0 Å². The summed E-state index contributed by atoms with van der Waals surface area (Å²) in [6.07, 6.45) is 0.660. The highest BCUT2D eigenvalue weighted by molar-refractivity contribution is 7.71. The minimum absolute atomic E-state index is 0.0446. The van der Waals surface area contributed by atoms with E-state index in [-0.39, 0.29) is 28.8 Å². The van der Waals surface area contributed by atoms with Crippen LogP contribution in [0.25, 0.3) is 0 Å². The third-order valence-corrected chi connectivity index (χ3v) is 4.60. The summed E-state index contributed by atoms with van der Waals surface area (Å²) in [6.45, 7) is 5.24. The van der Waals surface area contributed by atoms with E-state index in [0.717, 1.165) is 6.42 Å². The Bertz CT molecular complexity index is 771. The molecular weight excluding hydrogens is 348 g/mol. The summed E-state index contributed by atoms with van der Waals surface area (Å²) < 4.78 is 17.7. The number of esters is 2. The number of carbonyl (C=O) groups is 2. The summed E-state index contributed by atoms with van der Waals surface area (Å²) in [5, 5.41) is 0. The van der Waals surface area contributed by atoms with Crippen LogP contribution in [0.1, 0.15) is 39.0 Å². The predicted octanol–water partition coefficient (Wildman–Crippen LogP) is 1.50. The second-order valence-corrected chi connectivity index (χ2v) is 6.37. The Hall–Kier alpha value is -2.00. The molecule has 2 heterocycles. The van der Waals surface area contributed by atoms with Gasteiger partial charge in [0, 0.05) is 24.6 Å². The lowest BCUT2D eigenvalue weighted by atomic mass is 9.98. The number of nitrogens with one attached hydrogen (secondary N) is 1. The molecule has 0 aliphatic carbocycles. The van der Waals surface area contributed by atoms with Gasteiger partial charge in [0.1, 0.15) is 0 Å². The summed E-state index contributed by atoms with van der Waals surface area (Å²) >= 11 is 5.23. The largest absolute Gasteiger partial charge is 0.469 e. The third-order valence-electron chi connectivity index (χ3n) is 4.28. The zero-order valence-corrected chi connectivity index (χ0v) is 15.4. The SMILES string of the molecule is CCC1OC(n2cc(CC(=O)OC)c(=O)[nH]c2=S)C(OC(C)=O)C1C. The summed E-state index contributed by atoms with van der Waals surface area (Å²) in [6, 6.07) is 0. The van der Waals surface area contributed by atoms with Crippen LogP contribution < -0.4 is 5.56 Å². The minimum atomic E-state index is -0.676. The van der Waals surface area contributed by atoms with Crippen molar-refractivity contribution in [3.63, 3.8) is 0 Å². The number of rotatable bonds is 5. The molecule has 0 saturated carbocycles. The van der Waals surface area contributed by atoms with Crippen LogP contribution in [0.2, 0.25) is 0 Å². The van der Waals surface area contributed by atoms with Gasteiger partial charge in [-0.25, -0.2) is 0 Å². The lowest BCUT2D eigenvalue weighted by molar-refractivity contribution is -0.153. The standard InChI is InChI=1S/C16H22N2O6S/c1-5-11-8(2)13(23-9(3)19)15(24-11)18-7-10(6-12(20)22-4)14(21)17-16(18)25/h7-8,11,13,15H,5-6H2,1-4H3,(H,17,21,25). The Kier molecular flexibility index (Phi) is 6.12. The second kappa shape index (κ2) is 7.92. The molecule has 0 aromatic carbocycles. The zero-order chi connectivity index (χ0) is 18.7.